The highest BCUT2D eigenvalue weighted by atomic mass is 16.5. The van der Waals surface area contributed by atoms with Crippen molar-refractivity contribution in [3.63, 3.8) is 0 Å². The highest BCUT2D eigenvalue weighted by Crippen LogP contribution is 2.48. The van der Waals surface area contributed by atoms with Gasteiger partial charge < -0.3 is 15.2 Å². The van der Waals surface area contributed by atoms with Gasteiger partial charge in [-0.25, -0.2) is 0 Å². The van der Waals surface area contributed by atoms with Crippen LogP contribution in [0.3, 0.4) is 0 Å². The highest BCUT2D eigenvalue weighted by molar-refractivity contribution is 6.00. The van der Waals surface area contributed by atoms with Gasteiger partial charge in [-0.05, 0) is 55.2 Å². The third kappa shape index (κ3) is 4.03. The zero-order valence-electron chi connectivity index (χ0n) is 17.9. The molecule has 0 bridgehead atoms. The number of benzene rings is 1. The summed E-state index contributed by atoms with van der Waals surface area (Å²) in [4.78, 5) is 26.6. The number of ketones is 1. The van der Waals surface area contributed by atoms with Gasteiger partial charge in [0, 0.05) is 29.3 Å². The van der Waals surface area contributed by atoms with E-state index in [2.05, 4.69) is 25.7 Å². The lowest BCUT2D eigenvalue weighted by atomic mass is 9.66. The van der Waals surface area contributed by atoms with E-state index in [4.69, 9.17) is 4.74 Å². The maximum Gasteiger partial charge on any atom is 0.316 e. The number of ether oxygens (including phenoxy) is 1. The van der Waals surface area contributed by atoms with E-state index in [0.29, 0.717) is 17.7 Å². The van der Waals surface area contributed by atoms with E-state index in [1.807, 2.05) is 0 Å². The van der Waals surface area contributed by atoms with E-state index >= 15 is 0 Å². The van der Waals surface area contributed by atoms with E-state index in [1.165, 1.54) is 6.42 Å². The standard InChI is InChI=1S/C25H31NO4/c1-15-21(24(29)30-18-7-5-4-6-8-18)22(16-9-11-17(27)12-10-16)23-19(26-15)13-25(2,3)14-20(23)28/h9-12,18,21-22,26-27H,1,4-8,13-14H2,2-3H3. The normalized spacial score (nSPS) is 26.7. The Bertz CT molecular complexity index is 890. The number of carbonyl (C=O) groups excluding carboxylic acids is 2. The molecule has 0 spiro atoms. The number of phenols is 1. The molecule has 2 atom stereocenters. The minimum absolute atomic E-state index is 0.0594. The van der Waals surface area contributed by atoms with Crippen LogP contribution in [0.5, 0.6) is 5.75 Å². The van der Waals surface area contributed by atoms with Gasteiger partial charge in [-0.3, -0.25) is 9.59 Å². The fraction of sp³-hybridized carbons (Fsp3) is 0.520. The van der Waals surface area contributed by atoms with Gasteiger partial charge in [0.25, 0.3) is 0 Å². The van der Waals surface area contributed by atoms with Gasteiger partial charge in [0.15, 0.2) is 5.78 Å². The van der Waals surface area contributed by atoms with Crippen molar-refractivity contribution in [3.05, 3.63) is 53.4 Å². The molecule has 5 heteroatoms. The number of Topliss-reactive ketones (excluding diaryl/α,β-unsaturated/α-hetero) is 1. The maximum atomic E-state index is 13.3. The topological polar surface area (TPSA) is 75.6 Å². The molecule has 30 heavy (non-hydrogen) atoms. The number of allylic oxidation sites excluding steroid dienone is 2. The van der Waals surface area contributed by atoms with Gasteiger partial charge in [-0.1, -0.05) is 39.0 Å². The molecule has 0 aromatic heterocycles. The maximum absolute atomic E-state index is 13.3. The van der Waals surface area contributed by atoms with Crippen LogP contribution in [0, 0.1) is 11.3 Å². The van der Waals surface area contributed by atoms with Crippen molar-refractivity contribution in [2.45, 2.75) is 70.8 Å². The molecule has 1 saturated carbocycles. The molecule has 2 aliphatic carbocycles. The fourth-order valence-electron chi connectivity index (χ4n) is 5.19. The summed E-state index contributed by atoms with van der Waals surface area (Å²) in [5, 5.41) is 13.0. The average Bonchev–Trinajstić information content (AvgIpc) is 2.67. The van der Waals surface area contributed by atoms with E-state index in [-0.39, 0.29) is 29.0 Å². The average molecular weight is 410 g/mol. The molecular formula is C25H31NO4. The lowest BCUT2D eigenvalue weighted by Gasteiger charge is -2.42. The Morgan fingerprint density at radius 3 is 2.47 bits per heavy atom. The van der Waals surface area contributed by atoms with Crippen LogP contribution in [0.15, 0.2) is 47.8 Å². The highest BCUT2D eigenvalue weighted by Gasteiger charge is 2.47. The van der Waals surface area contributed by atoms with Gasteiger partial charge in [0.2, 0.25) is 0 Å². The summed E-state index contributed by atoms with van der Waals surface area (Å²) >= 11 is 0. The summed E-state index contributed by atoms with van der Waals surface area (Å²) in [6.45, 7) is 8.32. The Balaban J connectivity index is 1.73. The summed E-state index contributed by atoms with van der Waals surface area (Å²) in [6, 6.07) is 6.77. The van der Waals surface area contributed by atoms with Gasteiger partial charge >= 0.3 is 5.97 Å². The van der Waals surface area contributed by atoms with Gasteiger partial charge in [-0.15, -0.1) is 0 Å². The smallest absolute Gasteiger partial charge is 0.316 e. The molecule has 1 heterocycles. The Morgan fingerprint density at radius 2 is 1.80 bits per heavy atom. The van der Waals surface area contributed by atoms with Crippen molar-refractivity contribution < 1.29 is 19.4 Å². The molecule has 1 aromatic carbocycles. The molecule has 1 aliphatic heterocycles. The van der Waals surface area contributed by atoms with Crippen molar-refractivity contribution in [2.75, 3.05) is 0 Å². The van der Waals surface area contributed by atoms with Crippen molar-refractivity contribution in [2.24, 2.45) is 11.3 Å². The molecule has 5 nitrogen and oxygen atoms in total. The summed E-state index contributed by atoms with van der Waals surface area (Å²) < 4.78 is 5.91. The third-order valence-electron chi connectivity index (χ3n) is 6.59. The van der Waals surface area contributed by atoms with Crippen LogP contribution in [-0.4, -0.2) is 23.0 Å². The van der Waals surface area contributed by atoms with E-state index in [1.54, 1.807) is 24.3 Å². The molecule has 2 unspecified atom stereocenters. The van der Waals surface area contributed by atoms with Crippen LogP contribution in [0.1, 0.15) is 70.3 Å². The molecule has 160 valence electrons. The van der Waals surface area contributed by atoms with E-state index in [0.717, 1.165) is 43.4 Å². The second-order valence-electron chi connectivity index (χ2n) is 9.73. The predicted molar refractivity (Wildman–Crippen MR) is 115 cm³/mol. The van der Waals surface area contributed by atoms with Crippen LogP contribution in [0.25, 0.3) is 0 Å². The fourth-order valence-corrected chi connectivity index (χ4v) is 5.19. The van der Waals surface area contributed by atoms with E-state index in [9.17, 15) is 14.7 Å². The van der Waals surface area contributed by atoms with Crippen LogP contribution >= 0.6 is 0 Å². The zero-order chi connectivity index (χ0) is 21.5. The molecule has 2 N–H and O–H groups in total. The van der Waals surface area contributed by atoms with Crippen molar-refractivity contribution in [3.8, 4) is 5.75 Å². The summed E-state index contributed by atoms with van der Waals surface area (Å²) in [5.74, 6) is -1.22. The van der Waals surface area contributed by atoms with Crippen LogP contribution in [-0.2, 0) is 14.3 Å². The third-order valence-corrected chi connectivity index (χ3v) is 6.59. The SMILES string of the molecule is C=C1NC2=C(C(=O)CC(C)(C)C2)C(c2ccc(O)cc2)C1C(=O)OC1CCCCC1. The molecule has 1 fully saturated rings. The molecule has 1 aromatic rings. The summed E-state index contributed by atoms with van der Waals surface area (Å²) in [7, 11) is 0. The van der Waals surface area contributed by atoms with Gasteiger partial charge in [-0.2, -0.15) is 0 Å². The largest absolute Gasteiger partial charge is 0.508 e. The number of carbonyl (C=O) groups is 2. The number of phenolic OH excluding ortho intramolecular Hbond substituents is 1. The lowest BCUT2D eigenvalue weighted by Crippen LogP contribution is -2.44. The van der Waals surface area contributed by atoms with Crippen molar-refractivity contribution >= 4 is 11.8 Å². The van der Waals surface area contributed by atoms with Crippen LogP contribution < -0.4 is 5.32 Å². The molecule has 3 aliphatic rings. The number of esters is 1. The zero-order valence-corrected chi connectivity index (χ0v) is 17.9. The summed E-state index contributed by atoms with van der Waals surface area (Å²) in [6.07, 6.45) is 6.23. The number of rotatable bonds is 3. The summed E-state index contributed by atoms with van der Waals surface area (Å²) in [5.41, 5.74) is 2.79. The molecule has 0 radical (unpaired) electrons. The Kier molecular flexibility index (Phi) is 5.48. The Hall–Kier alpha value is -2.56. The van der Waals surface area contributed by atoms with Crippen LogP contribution in [0.4, 0.5) is 0 Å². The van der Waals surface area contributed by atoms with Crippen molar-refractivity contribution in [1.29, 1.82) is 0 Å². The molecular weight excluding hydrogens is 378 g/mol. The molecule has 0 saturated heterocycles. The minimum atomic E-state index is -0.666. The number of aromatic hydroxyl groups is 1. The minimum Gasteiger partial charge on any atom is -0.508 e. The number of nitrogens with one attached hydrogen (secondary N) is 1. The van der Waals surface area contributed by atoms with Crippen LogP contribution in [0.2, 0.25) is 0 Å². The lowest BCUT2D eigenvalue weighted by molar-refractivity contribution is -0.155. The van der Waals surface area contributed by atoms with Crippen molar-refractivity contribution in [1.82, 2.24) is 5.32 Å². The quantitative estimate of drug-likeness (QED) is 0.706. The second kappa shape index (κ2) is 7.93. The second-order valence-corrected chi connectivity index (χ2v) is 9.73. The van der Waals surface area contributed by atoms with E-state index < -0.39 is 11.8 Å². The predicted octanol–water partition coefficient (Wildman–Crippen LogP) is 4.73. The number of hydrogen-bond acceptors (Lipinski definition) is 5. The molecule has 0 amide bonds. The first-order valence-electron chi connectivity index (χ1n) is 11.0. The van der Waals surface area contributed by atoms with Gasteiger partial charge in [0.1, 0.15) is 17.8 Å². The first-order valence-corrected chi connectivity index (χ1v) is 11.0. The first kappa shape index (κ1) is 20.7. The van der Waals surface area contributed by atoms with Gasteiger partial charge in [0.05, 0.1) is 0 Å². The monoisotopic (exact) mass is 409 g/mol. The number of hydrogen-bond donors (Lipinski definition) is 2. The first-order chi connectivity index (χ1) is 14.2. The molecule has 4 rings (SSSR count). The Morgan fingerprint density at radius 1 is 1.13 bits per heavy atom. The Labute approximate surface area is 178 Å².